The van der Waals surface area contributed by atoms with Gasteiger partial charge in [-0.15, -0.1) is 0 Å². The number of hydrogen-bond donors (Lipinski definition) is 6. The third kappa shape index (κ3) is 4.62. The number of phenolic OH excluding ortho intramolecular Hbond substituents is 3. The van der Waals surface area contributed by atoms with Crippen LogP contribution < -0.4 is 10.6 Å². The Hall–Kier alpha value is -2.64. The molecule has 0 aromatic heterocycles. The highest BCUT2D eigenvalue weighted by atomic mass is 16.4. The maximum Gasteiger partial charge on any atom is 0.319 e. The van der Waals surface area contributed by atoms with Crippen molar-refractivity contribution in [3.63, 3.8) is 0 Å². The van der Waals surface area contributed by atoms with Crippen LogP contribution in [-0.4, -0.2) is 39.0 Å². The van der Waals surface area contributed by atoms with E-state index in [9.17, 15) is 19.8 Å². The fraction of sp³-hybridized carbons (Fsp3) is 0.273. The number of amides is 2. The van der Waals surface area contributed by atoms with E-state index in [1.807, 2.05) is 0 Å². The van der Waals surface area contributed by atoms with Gasteiger partial charge in [-0.1, -0.05) is 0 Å². The Morgan fingerprint density at radius 3 is 2.21 bits per heavy atom. The molecule has 0 saturated carbocycles. The molecular weight excluding hydrogens is 256 g/mol. The Balaban J connectivity index is 2.46. The molecule has 0 saturated heterocycles. The zero-order chi connectivity index (χ0) is 14.4. The Kier molecular flexibility index (Phi) is 4.81. The highest BCUT2D eigenvalue weighted by Crippen LogP contribution is 2.37. The van der Waals surface area contributed by atoms with Crippen molar-refractivity contribution < 1.29 is 30.0 Å². The fourth-order valence-corrected chi connectivity index (χ4v) is 1.29. The van der Waals surface area contributed by atoms with Crippen molar-refractivity contribution in [1.82, 2.24) is 5.32 Å². The van der Waals surface area contributed by atoms with E-state index in [0.29, 0.717) is 0 Å². The number of anilines is 1. The molecule has 0 aliphatic heterocycles. The van der Waals surface area contributed by atoms with Crippen molar-refractivity contribution in [2.75, 3.05) is 11.9 Å². The number of phenols is 3. The topological polar surface area (TPSA) is 139 Å². The first kappa shape index (κ1) is 14.4. The van der Waals surface area contributed by atoms with E-state index in [1.165, 1.54) is 0 Å². The average molecular weight is 270 g/mol. The number of hydrogen-bond acceptors (Lipinski definition) is 5. The Labute approximate surface area is 108 Å². The number of aromatic hydroxyl groups is 3. The first-order valence-corrected chi connectivity index (χ1v) is 5.41. The molecule has 19 heavy (non-hydrogen) atoms. The van der Waals surface area contributed by atoms with Crippen molar-refractivity contribution in [2.24, 2.45) is 0 Å². The highest BCUT2D eigenvalue weighted by Gasteiger charge is 2.09. The van der Waals surface area contributed by atoms with Crippen LogP contribution in [0.4, 0.5) is 10.5 Å². The molecule has 0 radical (unpaired) electrons. The van der Waals surface area contributed by atoms with Crippen LogP contribution >= 0.6 is 0 Å². The van der Waals surface area contributed by atoms with Gasteiger partial charge in [0.15, 0.2) is 17.2 Å². The molecule has 2 amide bonds. The second-order valence-electron chi connectivity index (χ2n) is 3.74. The Morgan fingerprint density at radius 2 is 1.68 bits per heavy atom. The molecule has 1 rings (SSSR count). The maximum atomic E-state index is 11.4. The SMILES string of the molecule is O=C(O)CCCNC(=O)Nc1cc(O)c(O)c(O)c1. The van der Waals surface area contributed by atoms with Gasteiger partial charge in [0.05, 0.1) is 5.69 Å². The lowest BCUT2D eigenvalue weighted by Gasteiger charge is -2.09. The van der Waals surface area contributed by atoms with E-state index in [2.05, 4.69) is 10.6 Å². The Bertz CT molecular complexity index is 465. The van der Waals surface area contributed by atoms with E-state index in [4.69, 9.17) is 10.2 Å². The van der Waals surface area contributed by atoms with Crippen LogP contribution in [0.2, 0.25) is 0 Å². The van der Waals surface area contributed by atoms with Gasteiger partial charge in [-0.2, -0.15) is 0 Å². The minimum atomic E-state index is -0.949. The molecule has 8 nitrogen and oxygen atoms in total. The minimum Gasteiger partial charge on any atom is -0.504 e. The molecule has 1 aromatic rings. The zero-order valence-electron chi connectivity index (χ0n) is 9.88. The van der Waals surface area contributed by atoms with Crippen LogP contribution in [0, 0.1) is 0 Å². The first-order valence-electron chi connectivity index (χ1n) is 5.41. The number of carboxylic acid groups (broad SMARTS) is 1. The van der Waals surface area contributed by atoms with E-state index in [1.54, 1.807) is 0 Å². The van der Waals surface area contributed by atoms with Crippen molar-refractivity contribution >= 4 is 17.7 Å². The molecular formula is C11H14N2O6. The lowest BCUT2D eigenvalue weighted by atomic mass is 10.2. The molecule has 0 atom stereocenters. The van der Waals surface area contributed by atoms with Gasteiger partial charge < -0.3 is 31.1 Å². The predicted molar refractivity (Wildman–Crippen MR) is 65.3 cm³/mol. The Morgan fingerprint density at radius 1 is 1.11 bits per heavy atom. The molecule has 0 heterocycles. The standard InChI is InChI=1S/C11H14N2O6/c14-7-4-6(5-8(15)10(7)18)13-11(19)12-3-1-2-9(16)17/h4-5,14-15,18H,1-3H2,(H,16,17)(H2,12,13,19). The van der Waals surface area contributed by atoms with Gasteiger partial charge in [-0.3, -0.25) is 4.79 Å². The number of carbonyl (C=O) groups excluding carboxylic acids is 1. The fourth-order valence-electron chi connectivity index (χ4n) is 1.29. The zero-order valence-corrected chi connectivity index (χ0v) is 9.88. The molecule has 0 aliphatic rings. The van der Waals surface area contributed by atoms with Gasteiger partial charge in [0, 0.05) is 25.1 Å². The summed E-state index contributed by atoms with van der Waals surface area (Å²) in [6.45, 7) is 0.175. The van der Waals surface area contributed by atoms with E-state index in [-0.39, 0.29) is 25.1 Å². The monoisotopic (exact) mass is 270 g/mol. The smallest absolute Gasteiger partial charge is 0.319 e. The van der Waals surface area contributed by atoms with Crippen molar-refractivity contribution in [1.29, 1.82) is 0 Å². The van der Waals surface area contributed by atoms with Crippen LogP contribution in [0.15, 0.2) is 12.1 Å². The second kappa shape index (κ2) is 6.34. The quantitative estimate of drug-likeness (QED) is 0.265. The lowest BCUT2D eigenvalue weighted by molar-refractivity contribution is -0.137. The summed E-state index contributed by atoms with van der Waals surface area (Å²) in [7, 11) is 0. The summed E-state index contributed by atoms with van der Waals surface area (Å²) < 4.78 is 0. The lowest BCUT2D eigenvalue weighted by Crippen LogP contribution is -2.29. The number of nitrogens with one attached hydrogen (secondary N) is 2. The maximum absolute atomic E-state index is 11.4. The van der Waals surface area contributed by atoms with Crippen molar-refractivity contribution in [3.05, 3.63) is 12.1 Å². The summed E-state index contributed by atoms with van der Waals surface area (Å²) >= 11 is 0. The molecule has 0 bridgehead atoms. The van der Waals surface area contributed by atoms with Gasteiger partial charge in [0.2, 0.25) is 0 Å². The second-order valence-corrected chi connectivity index (χ2v) is 3.74. The van der Waals surface area contributed by atoms with Gasteiger partial charge in [-0.25, -0.2) is 4.79 Å². The number of urea groups is 1. The molecule has 8 heteroatoms. The van der Waals surface area contributed by atoms with Crippen LogP contribution in [0.1, 0.15) is 12.8 Å². The third-order valence-corrected chi connectivity index (χ3v) is 2.18. The average Bonchev–Trinajstić information content (AvgIpc) is 2.31. The van der Waals surface area contributed by atoms with Gasteiger partial charge in [-0.05, 0) is 6.42 Å². The van der Waals surface area contributed by atoms with Crippen molar-refractivity contribution in [2.45, 2.75) is 12.8 Å². The molecule has 0 fully saturated rings. The summed E-state index contributed by atoms with van der Waals surface area (Å²) in [5, 5.41) is 40.7. The molecule has 0 spiro atoms. The van der Waals surface area contributed by atoms with Gasteiger partial charge in [0.1, 0.15) is 0 Å². The van der Waals surface area contributed by atoms with E-state index < -0.39 is 29.2 Å². The van der Waals surface area contributed by atoms with Crippen molar-refractivity contribution in [3.8, 4) is 17.2 Å². The molecule has 0 aliphatic carbocycles. The number of aliphatic carboxylic acids is 1. The number of benzene rings is 1. The molecule has 0 unspecified atom stereocenters. The minimum absolute atomic E-state index is 0.0545. The number of carbonyl (C=O) groups is 2. The summed E-state index contributed by atoms with van der Waals surface area (Å²) in [4.78, 5) is 21.6. The molecule has 104 valence electrons. The summed E-state index contributed by atoms with van der Waals surface area (Å²) in [5.74, 6) is -2.76. The van der Waals surface area contributed by atoms with Gasteiger partial charge in [0.25, 0.3) is 0 Å². The first-order chi connectivity index (χ1) is 8.90. The van der Waals surface area contributed by atoms with E-state index >= 15 is 0 Å². The largest absolute Gasteiger partial charge is 0.504 e. The van der Waals surface area contributed by atoms with Crippen LogP contribution in [0.5, 0.6) is 17.2 Å². The van der Waals surface area contributed by atoms with Crippen LogP contribution in [0.3, 0.4) is 0 Å². The molecule has 1 aromatic carbocycles. The summed E-state index contributed by atoms with van der Waals surface area (Å²) in [6, 6.07) is 1.51. The van der Waals surface area contributed by atoms with Crippen LogP contribution in [-0.2, 0) is 4.79 Å². The predicted octanol–water partition coefficient (Wildman–Crippen LogP) is 0.790. The third-order valence-electron chi connectivity index (χ3n) is 2.18. The summed E-state index contributed by atoms with van der Waals surface area (Å²) in [6.07, 6.45) is 0.232. The van der Waals surface area contributed by atoms with E-state index in [0.717, 1.165) is 12.1 Å². The normalized spacial score (nSPS) is 9.89. The number of carboxylic acids is 1. The summed E-state index contributed by atoms with van der Waals surface area (Å²) in [5.41, 5.74) is 0.0866. The van der Waals surface area contributed by atoms with Crippen LogP contribution in [0.25, 0.3) is 0 Å². The highest BCUT2D eigenvalue weighted by molar-refractivity contribution is 5.90. The molecule has 6 N–H and O–H groups in total. The van der Waals surface area contributed by atoms with Gasteiger partial charge >= 0.3 is 12.0 Å². The number of rotatable bonds is 5.